The summed E-state index contributed by atoms with van der Waals surface area (Å²) >= 11 is 0. The van der Waals surface area contributed by atoms with Crippen molar-refractivity contribution in [2.75, 3.05) is 23.8 Å². The van der Waals surface area contributed by atoms with Gasteiger partial charge in [-0.3, -0.25) is 4.79 Å². The first-order valence-corrected chi connectivity index (χ1v) is 13.4. The van der Waals surface area contributed by atoms with Crippen molar-refractivity contribution in [3.8, 4) is 17.0 Å². The van der Waals surface area contributed by atoms with E-state index >= 15 is 0 Å². The summed E-state index contributed by atoms with van der Waals surface area (Å²) in [6.45, 7) is 8.97. The predicted octanol–water partition coefficient (Wildman–Crippen LogP) is 4.01. The van der Waals surface area contributed by atoms with Crippen LogP contribution in [0.1, 0.15) is 44.5 Å². The van der Waals surface area contributed by atoms with Crippen LogP contribution in [0.15, 0.2) is 53.6 Å². The normalized spacial score (nSPS) is 17.0. The highest BCUT2D eigenvalue weighted by molar-refractivity contribution is 7.90. The van der Waals surface area contributed by atoms with Crippen molar-refractivity contribution in [2.24, 2.45) is 5.92 Å². The number of halogens is 1. The van der Waals surface area contributed by atoms with Gasteiger partial charge in [0.15, 0.2) is 0 Å². The molecule has 3 aromatic rings. The molecular formula is C26H30FN5O4S. The molecule has 1 unspecified atom stereocenters. The number of carbonyl (C=O) groups excluding carboxylic acids is 1. The minimum Gasteiger partial charge on any atom is -0.493 e. The summed E-state index contributed by atoms with van der Waals surface area (Å²) in [4.78, 5) is 23.7. The van der Waals surface area contributed by atoms with Gasteiger partial charge in [0.2, 0.25) is 0 Å². The number of nitrogens with zero attached hydrogens (tertiary/aromatic N) is 3. The number of carbonyl (C=O) groups is 1. The van der Waals surface area contributed by atoms with Crippen LogP contribution in [-0.2, 0) is 10.0 Å². The molecule has 0 saturated carbocycles. The second-order valence-electron chi connectivity index (χ2n) is 9.46. The van der Waals surface area contributed by atoms with Crippen molar-refractivity contribution in [3.63, 3.8) is 0 Å². The van der Waals surface area contributed by atoms with Crippen LogP contribution in [0.4, 0.5) is 16.0 Å². The van der Waals surface area contributed by atoms with E-state index in [-0.39, 0.29) is 27.7 Å². The lowest BCUT2D eigenvalue weighted by Gasteiger charge is -2.36. The smallest absolute Gasteiger partial charge is 0.268 e. The van der Waals surface area contributed by atoms with Crippen LogP contribution in [0.25, 0.3) is 11.3 Å². The molecule has 1 aromatic carbocycles. The van der Waals surface area contributed by atoms with E-state index in [9.17, 15) is 17.6 Å². The molecule has 3 N–H and O–H groups in total. The number of rotatable bonds is 7. The quantitative estimate of drug-likeness (QED) is 0.472. The Morgan fingerprint density at radius 2 is 2.03 bits per heavy atom. The highest BCUT2D eigenvalue weighted by Crippen LogP contribution is 2.40. The highest BCUT2D eigenvalue weighted by Gasteiger charge is 2.41. The van der Waals surface area contributed by atoms with Crippen LogP contribution in [0.2, 0.25) is 0 Å². The first-order valence-electron chi connectivity index (χ1n) is 11.9. The van der Waals surface area contributed by atoms with Gasteiger partial charge in [-0.25, -0.2) is 27.5 Å². The minimum atomic E-state index is -4.29. The van der Waals surface area contributed by atoms with Gasteiger partial charge in [0.25, 0.3) is 15.9 Å². The number of aromatic nitrogens is 2. The summed E-state index contributed by atoms with van der Waals surface area (Å²) in [7, 11) is -4.29. The molecule has 37 heavy (non-hydrogen) atoms. The van der Waals surface area contributed by atoms with Gasteiger partial charge in [-0.2, -0.15) is 0 Å². The number of hydrogen-bond donors (Lipinski definition) is 2. The number of amides is 1. The summed E-state index contributed by atoms with van der Waals surface area (Å²) in [6.07, 6.45) is 2.23. The zero-order valence-corrected chi connectivity index (χ0v) is 22.0. The number of ether oxygens (including phenoxy) is 1. The molecule has 9 nitrogen and oxygen atoms in total. The average molecular weight is 528 g/mol. The van der Waals surface area contributed by atoms with E-state index < -0.39 is 21.7 Å². The molecule has 1 saturated heterocycles. The van der Waals surface area contributed by atoms with Crippen LogP contribution in [-0.4, -0.2) is 43.0 Å². The van der Waals surface area contributed by atoms with E-state index in [1.165, 1.54) is 36.5 Å². The Morgan fingerprint density at radius 3 is 2.68 bits per heavy atom. The predicted molar refractivity (Wildman–Crippen MR) is 139 cm³/mol. The van der Waals surface area contributed by atoms with E-state index in [2.05, 4.69) is 30.5 Å². The fraction of sp³-hybridized carbons (Fsp3) is 0.346. The molecule has 0 spiro atoms. The molecule has 1 aliphatic rings. The number of nitrogen functional groups attached to an aromatic ring is 1. The third kappa shape index (κ3) is 5.08. The Balaban J connectivity index is 1.82. The SMILES string of the molecule is CCOc1cc(F)ccc1-c1ccc(C(=O)NS(=O)(=O)c2cccnc2N)c(N2CCC(C)C2(C)C)n1. The first-order chi connectivity index (χ1) is 17.5. The van der Waals surface area contributed by atoms with E-state index in [1.54, 1.807) is 19.1 Å². The number of pyridine rings is 2. The minimum absolute atomic E-state index is 0.0806. The standard InChI is InChI=1S/C26H30FN5O4S/c1-5-36-21-15-17(27)8-9-18(21)20-11-10-19(24(30-20)32-14-12-16(2)26(32,3)4)25(33)31-37(34,35)22-7-6-13-29-23(22)28/h6-11,13,15-16H,5,12,14H2,1-4H3,(H2,28,29)(H,31,33). The zero-order valence-electron chi connectivity index (χ0n) is 21.2. The van der Waals surface area contributed by atoms with Crippen molar-refractivity contribution in [2.45, 2.75) is 44.6 Å². The molecule has 1 fully saturated rings. The van der Waals surface area contributed by atoms with Crippen molar-refractivity contribution in [1.82, 2.24) is 14.7 Å². The molecule has 4 rings (SSSR count). The molecule has 196 valence electrons. The molecule has 1 aliphatic heterocycles. The maximum atomic E-state index is 13.9. The fourth-order valence-corrected chi connectivity index (χ4v) is 5.48. The lowest BCUT2D eigenvalue weighted by molar-refractivity contribution is 0.0981. The largest absolute Gasteiger partial charge is 0.493 e. The van der Waals surface area contributed by atoms with Gasteiger partial charge in [-0.05, 0) is 69.5 Å². The van der Waals surface area contributed by atoms with Crippen LogP contribution >= 0.6 is 0 Å². The number of anilines is 2. The van der Waals surface area contributed by atoms with Gasteiger partial charge in [-0.1, -0.05) is 6.92 Å². The highest BCUT2D eigenvalue weighted by atomic mass is 32.2. The summed E-state index contributed by atoms with van der Waals surface area (Å²) < 4.78 is 47.5. The molecule has 1 amide bonds. The monoisotopic (exact) mass is 527 g/mol. The Bertz CT molecular complexity index is 1440. The number of nitrogens with one attached hydrogen (secondary N) is 1. The second kappa shape index (κ2) is 9.97. The molecule has 0 bridgehead atoms. The molecule has 0 radical (unpaired) electrons. The van der Waals surface area contributed by atoms with Gasteiger partial charge < -0.3 is 15.4 Å². The van der Waals surface area contributed by atoms with Gasteiger partial charge in [-0.15, -0.1) is 0 Å². The first kappa shape index (κ1) is 26.3. The third-order valence-corrected chi connectivity index (χ3v) is 8.28. The molecular weight excluding hydrogens is 497 g/mol. The summed E-state index contributed by atoms with van der Waals surface area (Å²) in [5.41, 5.74) is 6.47. The molecule has 11 heteroatoms. The summed E-state index contributed by atoms with van der Waals surface area (Å²) in [5.74, 6) is -0.578. The van der Waals surface area contributed by atoms with Gasteiger partial charge in [0, 0.05) is 29.9 Å². The number of nitrogens with two attached hydrogens (primary N) is 1. The second-order valence-corrected chi connectivity index (χ2v) is 11.1. The van der Waals surface area contributed by atoms with E-state index in [4.69, 9.17) is 15.5 Å². The molecule has 2 aromatic heterocycles. The number of benzene rings is 1. The number of sulfonamides is 1. The lowest BCUT2D eigenvalue weighted by atomic mass is 9.90. The molecule has 3 heterocycles. The van der Waals surface area contributed by atoms with Gasteiger partial charge in [0.1, 0.15) is 28.1 Å². The van der Waals surface area contributed by atoms with Crippen LogP contribution in [0.5, 0.6) is 5.75 Å². The third-order valence-electron chi connectivity index (χ3n) is 6.90. The maximum absolute atomic E-state index is 13.9. The Labute approximate surface area is 215 Å². The Hall–Kier alpha value is -3.73. The average Bonchev–Trinajstić information content (AvgIpc) is 3.10. The number of hydrogen-bond acceptors (Lipinski definition) is 8. The fourth-order valence-electron chi connectivity index (χ4n) is 4.44. The van der Waals surface area contributed by atoms with Gasteiger partial charge in [0.05, 0.1) is 17.9 Å². The Morgan fingerprint density at radius 1 is 1.27 bits per heavy atom. The zero-order chi connectivity index (χ0) is 27.0. The maximum Gasteiger partial charge on any atom is 0.268 e. The molecule has 0 aliphatic carbocycles. The van der Waals surface area contributed by atoms with Crippen LogP contribution in [0, 0.1) is 11.7 Å². The Kier molecular flexibility index (Phi) is 7.09. The van der Waals surface area contributed by atoms with Crippen molar-refractivity contribution in [3.05, 3.63) is 60.0 Å². The van der Waals surface area contributed by atoms with Crippen LogP contribution in [0.3, 0.4) is 0 Å². The van der Waals surface area contributed by atoms with E-state index in [0.717, 1.165) is 6.42 Å². The van der Waals surface area contributed by atoms with Crippen molar-refractivity contribution >= 4 is 27.6 Å². The lowest BCUT2D eigenvalue weighted by Crippen LogP contribution is -2.43. The van der Waals surface area contributed by atoms with E-state index in [1.807, 2.05) is 4.90 Å². The summed E-state index contributed by atoms with van der Waals surface area (Å²) in [5, 5.41) is 0. The topological polar surface area (TPSA) is 128 Å². The van der Waals surface area contributed by atoms with Crippen molar-refractivity contribution < 1.29 is 22.3 Å². The van der Waals surface area contributed by atoms with Crippen LogP contribution < -0.4 is 20.1 Å². The van der Waals surface area contributed by atoms with E-state index in [0.29, 0.717) is 36.0 Å². The summed E-state index contributed by atoms with van der Waals surface area (Å²) in [6, 6.07) is 9.97. The van der Waals surface area contributed by atoms with Gasteiger partial charge >= 0.3 is 0 Å². The molecule has 1 atom stereocenters. The van der Waals surface area contributed by atoms with Crippen molar-refractivity contribution in [1.29, 1.82) is 0 Å².